The van der Waals surface area contributed by atoms with Gasteiger partial charge in [-0.3, -0.25) is 4.79 Å². The smallest absolute Gasteiger partial charge is 0.289 e. The zero-order valence-electron chi connectivity index (χ0n) is 18.6. The summed E-state index contributed by atoms with van der Waals surface area (Å²) in [6, 6.07) is 11.7. The standard InChI is InChI=1S/C24H26N6O2/c1-4-20-25-22(28-11-13-29(14-12-28)24(31)19-6-5-15-32-19)21-17(3)27-30(23(21)26-20)18-9-7-16(2)8-10-18/h5-10,15H,4,11-14H2,1-3H3. The molecule has 3 aromatic heterocycles. The number of benzene rings is 1. The van der Waals surface area contributed by atoms with Gasteiger partial charge in [-0.2, -0.15) is 5.10 Å². The van der Waals surface area contributed by atoms with Crippen molar-refractivity contribution in [3.8, 4) is 5.69 Å². The highest BCUT2D eigenvalue weighted by Crippen LogP contribution is 2.30. The van der Waals surface area contributed by atoms with Crippen molar-refractivity contribution in [2.75, 3.05) is 31.1 Å². The van der Waals surface area contributed by atoms with Crippen molar-refractivity contribution in [2.45, 2.75) is 27.2 Å². The van der Waals surface area contributed by atoms with E-state index in [1.807, 2.05) is 16.5 Å². The molecule has 4 heterocycles. The number of piperazine rings is 1. The fourth-order valence-electron chi connectivity index (χ4n) is 4.14. The second-order valence-electron chi connectivity index (χ2n) is 8.10. The van der Waals surface area contributed by atoms with Crippen LogP contribution >= 0.6 is 0 Å². The highest BCUT2D eigenvalue weighted by atomic mass is 16.3. The van der Waals surface area contributed by atoms with E-state index >= 15 is 0 Å². The fourth-order valence-corrected chi connectivity index (χ4v) is 4.14. The Balaban J connectivity index is 1.49. The molecule has 8 nitrogen and oxygen atoms in total. The van der Waals surface area contributed by atoms with Gasteiger partial charge in [0.1, 0.15) is 11.6 Å². The van der Waals surface area contributed by atoms with Gasteiger partial charge in [-0.05, 0) is 38.1 Å². The van der Waals surface area contributed by atoms with Gasteiger partial charge in [-0.1, -0.05) is 24.6 Å². The Kier molecular flexibility index (Phi) is 5.13. The van der Waals surface area contributed by atoms with Gasteiger partial charge >= 0.3 is 0 Å². The predicted octanol–water partition coefficient (Wildman–Crippen LogP) is 3.55. The highest BCUT2D eigenvalue weighted by Gasteiger charge is 2.27. The van der Waals surface area contributed by atoms with Crippen molar-refractivity contribution in [3.05, 3.63) is 65.5 Å². The Morgan fingerprint density at radius 1 is 1.03 bits per heavy atom. The minimum absolute atomic E-state index is 0.0693. The third kappa shape index (κ3) is 3.51. The maximum atomic E-state index is 12.6. The number of rotatable bonds is 4. The summed E-state index contributed by atoms with van der Waals surface area (Å²) in [5, 5.41) is 5.77. The lowest BCUT2D eigenvalue weighted by atomic mass is 10.2. The van der Waals surface area contributed by atoms with E-state index < -0.39 is 0 Å². The van der Waals surface area contributed by atoms with E-state index in [4.69, 9.17) is 19.5 Å². The number of aromatic nitrogens is 4. The molecule has 5 rings (SSSR count). The molecule has 4 aromatic rings. The molecule has 1 saturated heterocycles. The highest BCUT2D eigenvalue weighted by molar-refractivity contribution is 5.92. The molecule has 0 unspecified atom stereocenters. The molecule has 1 aromatic carbocycles. The van der Waals surface area contributed by atoms with Crippen LogP contribution in [-0.4, -0.2) is 56.7 Å². The van der Waals surface area contributed by atoms with Gasteiger partial charge in [0.15, 0.2) is 11.4 Å². The first-order valence-corrected chi connectivity index (χ1v) is 11.0. The van der Waals surface area contributed by atoms with Crippen LogP contribution < -0.4 is 4.90 Å². The second kappa shape index (κ2) is 8.11. The molecule has 1 amide bonds. The number of furan rings is 1. The lowest BCUT2D eigenvalue weighted by Gasteiger charge is -2.35. The maximum Gasteiger partial charge on any atom is 0.289 e. The summed E-state index contributed by atoms with van der Waals surface area (Å²) in [5.41, 5.74) is 3.90. The molecule has 1 aliphatic rings. The van der Waals surface area contributed by atoms with Crippen LogP contribution in [0.25, 0.3) is 16.7 Å². The molecular weight excluding hydrogens is 404 g/mol. The van der Waals surface area contributed by atoms with Crippen LogP contribution in [0.5, 0.6) is 0 Å². The van der Waals surface area contributed by atoms with Gasteiger partial charge in [0.05, 0.1) is 23.0 Å². The normalized spacial score (nSPS) is 14.3. The average Bonchev–Trinajstić information content (AvgIpc) is 3.47. The fraction of sp³-hybridized carbons (Fsp3) is 0.333. The lowest BCUT2D eigenvalue weighted by molar-refractivity contribution is 0.0714. The summed E-state index contributed by atoms with van der Waals surface area (Å²) in [6.07, 6.45) is 2.26. The number of anilines is 1. The van der Waals surface area contributed by atoms with Gasteiger partial charge in [0.25, 0.3) is 5.91 Å². The first-order chi connectivity index (χ1) is 15.5. The van der Waals surface area contributed by atoms with Crippen molar-refractivity contribution in [2.24, 2.45) is 0 Å². The van der Waals surface area contributed by atoms with Crippen molar-refractivity contribution < 1.29 is 9.21 Å². The van der Waals surface area contributed by atoms with Gasteiger partial charge in [0, 0.05) is 32.6 Å². The van der Waals surface area contributed by atoms with Crippen molar-refractivity contribution in [3.63, 3.8) is 0 Å². The van der Waals surface area contributed by atoms with E-state index in [9.17, 15) is 4.79 Å². The summed E-state index contributed by atoms with van der Waals surface area (Å²) < 4.78 is 7.19. The molecule has 8 heteroatoms. The number of hydrogen-bond acceptors (Lipinski definition) is 6. The first-order valence-electron chi connectivity index (χ1n) is 11.0. The van der Waals surface area contributed by atoms with E-state index in [2.05, 4.69) is 43.0 Å². The van der Waals surface area contributed by atoms with Crippen molar-refractivity contribution in [1.82, 2.24) is 24.6 Å². The Morgan fingerprint density at radius 2 is 1.78 bits per heavy atom. The second-order valence-corrected chi connectivity index (χ2v) is 8.10. The Labute approximate surface area is 186 Å². The van der Waals surface area contributed by atoms with E-state index in [0.717, 1.165) is 40.5 Å². The van der Waals surface area contributed by atoms with Gasteiger partial charge in [0.2, 0.25) is 0 Å². The van der Waals surface area contributed by atoms with Crippen LogP contribution in [0, 0.1) is 13.8 Å². The Morgan fingerprint density at radius 3 is 2.44 bits per heavy atom. The summed E-state index contributed by atoms with van der Waals surface area (Å²) in [7, 11) is 0. The molecule has 0 N–H and O–H groups in total. The van der Waals surface area contributed by atoms with E-state index in [0.29, 0.717) is 31.9 Å². The zero-order valence-corrected chi connectivity index (χ0v) is 18.6. The molecule has 32 heavy (non-hydrogen) atoms. The topological polar surface area (TPSA) is 80.3 Å². The minimum Gasteiger partial charge on any atom is -0.459 e. The molecule has 0 radical (unpaired) electrons. The van der Waals surface area contributed by atoms with Crippen LogP contribution in [0.15, 0.2) is 47.1 Å². The molecule has 1 aliphatic heterocycles. The molecule has 0 aliphatic carbocycles. The van der Waals surface area contributed by atoms with Crippen molar-refractivity contribution in [1.29, 1.82) is 0 Å². The quantitative estimate of drug-likeness (QED) is 0.493. The van der Waals surface area contributed by atoms with Gasteiger partial charge < -0.3 is 14.2 Å². The molecule has 164 valence electrons. The maximum absolute atomic E-state index is 12.6. The number of carbonyl (C=O) groups is 1. The number of amides is 1. The number of carbonyl (C=O) groups excluding carboxylic acids is 1. The number of hydrogen-bond donors (Lipinski definition) is 0. The third-order valence-electron chi connectivity index (χ3n) is 5.92. The van der Waals surface area contributed by atoms with E-state index in [-0.39, 0.29) is 5.91 Å². The summed E-state index contributed by atoms with van der Waals surface area (Å²) in [5.74, 6) is 1.99. The number of aryl methyl sites for hydroxylation is 3. The van der Waals surface area contributed by atoms with Crippen LogP contribution in [0.3, 0.4) is 0 Å². The summed E-state index contributed by atoms with van der Waals surface area (Å²) >= 11 is 0. The predicted molar refractivity (Wildman–Crippen MR) is 122 cm³/mol. The Bertz CT molecular complexity index is 1250. The molecular formula is C24H26N6O2. The molecule has 0 saturated carbocycles. The van der Waals surface area contributed by atoms with Crippen LogP contribution in [-0.2, 0) is 6.42 Å². The first kappa shape index (κ1) is 20.2. The number of fused-ring (bicyclic) bond motifs is 1. The van der Waals surface area contributed by atoms with Crippen molar-refractivity contribution >= 4 is 22.8 Å². The number of nitrogens with zero attached hydrogens (tertiary/aromatic N) is 6. The van der Waals surface area contributed by atoms with Gasteiger partial charge in [-0.15, -0.1) is 0 Å². The molecule has 0 bridgehead atoms. The van der Waals surface area contributed by atoms with E-state index in [1.165, 1.54) is 11.8 Å². The van der Waals surface area contributed by atoms with Crippen LogP contribution in [0.1, 0.15) is 34.6 Å². The molecule has 0 spiro atoms. The molecule has 0 atom stereocenters. The minimum atomic E-state index is -0.0693. The third-order valence-corrected chi connectivity index (χ3v) is 5.92. The zero-order chi connectivity index (χ0) is 22.2. The summed E-state index contributed by atoms with van der Waals surface area (Å²) in [4.78, 5) is 26.4. The monoisotopic (exact) mass is 430 g/mol. The molecule has 1 fully saturated rings. The van der Waals surface area contributed by atoms with Crippen LogP contribution in [0.2, 0.25) is 0 Å². The largest absolute Gasteiger partial charge is 0.459 e. The Hall–Kier alpha value is -3.68. The van der Waals surface area contributed by atoms with Crippen LogP contribution in [0.4, 0.5) is 5.82 Å². The average molecular weight is 431 g/mol. The SMILES string of the molecule is CCc1nc(N2CCN(C(=O)c3ccco3)CC2)c2c(C)nn(-c3ccc(C)cc3)c2n1. The lowest BCUT2D eigenvalue weighted by Crippen LogP contribution is -2.49. The summed E-state index contributed by atoms with van der Waals surface area (Å²) in [6.45, 7) is 8.73. The van der Waals surface area contributed by atoms with Gasteiger partial charge in [-0.25, -0.2) is 14.6 Å². The van der Waals surface area contributed by atoms with E-state index in [1.54, 1.807) is 12.1 Å².